The first-order chi connectivity index (χ1) is 9.83. The lowest BCUT2D eigenvalue weighted by molar-refractivity contribution is 0.142. The Morgan fingerprint density at radius 1 is 1.10 bits per heavy atom. The van der Waals surface area contributed by atoms with E-state index in [9.17, 15) is 8.42 Å². The predicted molar refractivity (Wildman–Crippen MR) is 87.6 cm³/mol. The second-order valence-electron chi connectivity index (χ2n) is 6.26. The summed E-state index contributed by atoms with van der Waals surface area (Å²) in [4.78, 5) is 4.86. The Balaban J connectivity index is 2.06. The molecule has 0 radical (unpaired) electrons. The predicted octanol–water partition coefficient (Wildman–Crippen LogP) is 0.579. The molecule has 6 nitrogen and oxygen atoms in total. The molecule has 1 saturated heterocycles. The standard InChI is InChI=1S/C14H32N4O2S/c1-16(2)21(19,20)15-10-6-5-7-11-18(4)14-8-12-17(3)13-9-14/h14-15H,5-13H2,1-4H3. The monoisotopic (exact) mass is 320 g/mol. The van der Waals surface area contributed by atoms with Crippen LogP contribution in [0.2, 0.25) is 0 Å². The van der Waals surface area contributed by atoms with E-state index in [2.05, 4.69) is 28.6 Å². The first-order valence-corrected chi connectivity index (χ1v) is 9.33. The third kappa shape index (κ3) is 7.06. The maximum atomic E-state index is 11.5. The van der Waals surface area contributed by atoms with Crippen LogP contribution in [0.1, 0.15) is 32.1 Å². The number of rotatable bonds is 9. The highest BCUT2D eigenvalue weighted by Gasteiger charge is 2.19. The van der Waals surface area contributed by atoms with E-state index < -0.39 is 10.2 Å². The van der Waals surface area contributed by atoms with Gasteiger partial charge in [0.25, 0.3) is 10.2 Å². The third-order valence-corrected chi connectivity index (χ3v) is 5.79. The van der Waals surface area contributed by atoms with Crippen LogP contribution in [-0.2, 0) is 10.2 Å². The Morgan fingerprint density at radius 3 is 2.29 bits per heavy atom. The van der Waals surface area contributed by atoms with E-state index in [4.69, 9.17) is 0 Å². The van der Waals surface area contributed by atoms with Gasteiger partial charge in [-0.2, -0.15) is 12.7 Å². The molecule has 0 aromatic rings. The van der Waals surface area contributed by atoms with Crippen molar-refractivity contribution in [3.05, 3.63) is 0 Å². The Labute approximate surface area is 130 Å². The Hall–Kier alpha value is -0.210. The summed E-state index contributed by atoms with van der Waals surface area (Å²) in [5.41, 5.74) is 0. The van der Waals surface area contributed by atoms with E-state index in [1.54, 1.807) is 14.1 Å². The number of piperidine rings is 1. The van der Waals surface area contributed by atoms with Crippen molar-refractivity contribution < 1.29 is 8.42 Å². The quantitative estimate of drug-likeness (QED) is 0.632. The number of likely N-dealkylation sites (tertiary alicyclic amines) is 1. The van der Waals surface area contributed by atoms with Gasteiger partial charge in [-0.15, -0.1) is 0 Å². The molecule has 0 atom stereocenters. The highest BCUT2D eigenvalue weighted by Crippen LogP contribution is 2.14. The Morgan fingerprint density at radius 2 is 1.71 bits per heavy atom. The fraction of sp³-hybridized carbons (Fsp3) is 1.00. The summed E-state index contributed by atoms with van der Waals surface area (Å²) in [7, 11) is 4.22. The molecule has 1 rings (SSSR count). The number of unbranched alkanes of at least 4 members (excludes halogenated alkanes) is 2. The van der Waals surface area contributed by atoms with Gasteiger partial charge in [0.2, 0.25) is 0 Å². The molecule has 1 N–H and O–H groups in total. The topological polar surface area (TPSA) is 55.9 Å². The summed E-state index contributed by atoms with van der Waals surface area (Å²) >= 11 is 0. The molecule has 21 heavy (non-hydrogen) atoms. The summed E-state index contributed by atoms with van der Waals surface area (Å²) in [6.45, 7) is 4.02. The summed E-state index contributed by atoms with van der Waals surface area (Å²) in [6, 6.07) is 0.716. The summed E-state index contributed by atoms with van der Waals surface area (Å²) < 4.78 is 26.8. The van der Waals surface area contributed by atoms with E-state index in [0.29, 0.717) is 12.6 Å². The van der Waals surface area contributed by atoms with Gasteiger partial charge in [-0.25, -0.2) is 4.72 Å². The van der Waals surface area contributed by atoms with Crippen molar-refractivity contribution >= 4 is 10.2 Å². The number of hydrogen-bond acceptors (Lipinski definition) is 4. The molecule has 0 amide bonds. The maximum Gasteiger partial charge on any atom is 0.278 e. The molecule has 0 unspecified atom stereocenters. The molecule has 0 aromatic heterocycles. The average molecular weight is 321 g/mol. The van der Waals surface area contributed by atoms with Crippen LogP contribution >= 0.6 is 0 Å². The van der Waals surface area contributed by atoms with Gasteiger partial charge in [0, 0.05) is 26.7 Å². The van der Waals surface area contributed by atoms with Gasteiger partial charge in [-0.05, 0) is 59.4 Å². The van der Waals surface area contributed by atoms with E-state index in [1.165, 1.54) is 30.2 Å². The number of hydrogen-bond donors (Lipinski definition) is 1. The third-order valence-electron chi connectivity index (χ3n) is 4.26. The first-order valence-electron chi connectivity index (χ1n) is 7.89. The molecule has 7 heteroatoms. The fourth-order valence-corrected chi connectivity index (χ4v) is 3.27. The molecule has 1 fully saturated rings. The molecule has 0 saturated carbocycles. The molecule has 1 heterocycles. The van der Waals surface area contributed by atoms with Crippen LogP contribution in [0, 0.1) is 0 Å². The van der Waals surface area contributed by atoms with Gasteiger partial charge in [0.05, 0.1) is 0 Å². The second-order valence-corrected chi connectivity index (χ2v) is 8.23. The lowest BCUT2D eigenvalue weighted by Crippen LogP contribution is -2.42. The van der Waals surface area contributed by atoms with Crippen molar-refractivity contribution in [2.24, 2.45) is 0 Å². The number of nitrogens with one attached hydrogen (secondary N) is 1. The minimum atomic E-state index is -3.26. The summed E-state index contributed by atoms with van der Waals surface area (Å²) in [6.07, 6.45) is 5.61. The number of nitrogens with zero attached hydrogens (tertiary/aromatic N) is 3. The molecule has 126 valence electrons. The average Bonchev–Trinajstić information content (AvgIpc) is 2.43. The van der Waals surface area contributed by atoms with Gasteiger partial charge >= 0.3 is 0 Å². The van der Waals surface area contributed by atoms with Crippen molar-refractivity contribution in [1.29, 1.82) is 0 Å². The molecule has 1 aliphatic heterocycles. The highest BCUT2D eigenvalue weighted by molar-refractivity contribution is 7.87. The van der Waals surface area contributed by atoms with Crippen LogP contribution in [0.4, 0.5) is 0 Å². The van der Waals surface area contributed by atoms with Crippen LogP contribution in [0.3, 0.4) is 0 Å². The van der Waals surface area contributed by atoms with Gasteiger partial charge < -0.3 is 9.80 Å². The van der Waals surface area contributed by atoms with Crippen molar-refractivity contribution in [2.45, 2.75) is 38.1 Å². The van der Waals surface area contributed by atoms with Gasteiger partial charge in [0.1, 0.15) is 0 Å². The lowest BCUT2D eigenvalue weighted by Gasteiger charge is -2.35. The molecular formula is C14H32N4O2S. The van der Waals surface area contributed by atoms with Gasteiger partial charge in [-0.3, -0.25) is 0 Å². The van der Waals surface area contributed by atoms with Crippen LogP contribution in [0.25, 0.3) is 0 Å². The van der Waals surface area contributed by atoms with Gasteiger partial charge in [0.15, 0.2) is 0 Å². The van der Waals surface area contributed by atoms with E-state index in [1.807, 2.05) is 0 Å². The van der Waals surface area contributed by atoms with Crippen LogP contribution in [0.15, 0.2) is 0 Å². The maximum absolute atomic E-state index is 11.5. The smallest absolute Gasteiger partial charge is 0.278 e. The summed E-state index contributed by atoms with van der Waals surface area (Å²) in [5, 5.41) is 0. The zero-order valence-electron chi connectivity index (χ0n) is 14.0. The van der Waals surface area contributed by atoms with Crippen LogP contribution in [0.5, 0.6) is 0 Å². The fourth-order valence-electron chi connectivity index (χ4n) is 2.61. The molecule has 0 bridgehead atoms. The lowest BCUT2D eigenvalue weighted by atomic mass is 10.0. The molecule has 1 aliphatic rings. The zero-order chi connectivity index (χ0) is 15.9. The Bertz CT molecular complexity index is 378. The normalized spacial score (nSPS) is 18.8. The minimum absolute atomic E-state index is 0.526. The molecule has 0 aliphatic carbocycles. The Kier molecular flexibility index (Phi) is 8.12. The van der Waals surface area contributed by atoms with E-state index in [-0.39, 0.29) is 0 Å². The summed E-state index contributed by atoms with van der Waals surface area (Å²) in [5.74, 6) is 0. The van der Waals surface area contributed by atoms with Crippen LogP contribution in [-0.4, -0.2) is 82.9 Å². The van der Waals surface area contributed by atoms with Crippen LogP contribution < -0.4 is 4.72 Å². The van der Waals surface area contributed by atoms with Crippen molar-refractivity contribution in [2.75, 3.05) is 54.4 Å². The second kappa shape index (κ2) is 9.05. The zero-order valence-corrected chi connectivity index (χ0v) is 14.8. The minimum Gasteiger partial charge on any atom is -0.306 e. The van der Waals surface area contributed by atoms with E-state index >= 15 is 0 Å². The molecule has 0 spiro atoms. The van der Waals surface area contributed by atoms with Crippen molar-refractivity contribution in [3.8, 4) is 0 Å². The highest BCUT2D eigenvalue weighted by atomic mass is 32.2. The SMILES string of the molecule is CN1CCC(N(C)CCCCCNS(=O)(=O)N(C)C)CC1. The van der Waals surface area contributed by atoms with Crippen molar-refractivity contribution in [3.63, 3.8) is 0 Å². The van der Waals surface area contributed by atoms with Gasteiger partial charge in [-0.1, -0.05) is 6.42 Å². The van der Waals surface area contributed by atoms with E-state index in [0.717, 1.165) is 25.8 Å². The first kappa shape index (κ1) is 18.8. The largest absolute Gasteiger partial charge is 0.306 e. The molecule has 0 aromatic carbocycles. The van der Waals surface area contributed by atoms with Crippen molar-refractivity contribution in [1.82, 2.24) is 18.8 Å². The molecular weight excluding hydrogens is 288 g/mol.